The van der Waals surface area contributed by atoms with Crippen LogP contribution in [0.3, 0.4) is 0 Å². The maximum atomic E-state index is 12.4. The summed E-state index contributed by atoms with van der Waals surface area (Å²) in [4.78, 5) is 47.4. The summed E-state index contributed by atoms with van der Waals surface area (Å²) in [6.45, 7) is 0.278. The number of carboxylic acids is 1. The standard InChI is InChI=1S/C27H29N5O6.CH4/c28-16-4-3-7-22(27(36)37)30-24(33)20-12-8-18(9-13-20)5-1-2-6-19-10-14-21(15-11-19)25(34)31-23(17-29)26(35)32-38;/h8-15,22-23,38H,3-4,7,16-17,28-29H2,(H,30,33)(H,31,34)(H,32,35)(H,36,37);1H4/t22-,23-;/m0./s1. The van der Waals surface area contributed by atoms with Crippen LogP contribution in [-0.4, -0.2) is 59.2 Å². The third kappa shape index (κ3) is 10.7. The van der Waals surface area contributed by atoms with Crippen molar-refractivity contribution in [1.29, 1.82) is 0 Å². The maximum absolute atomic E-state index is 12.4. The van der Waals surface area contributed by atoms with Gasteiger partial charge >= 0.3 is 5.97 Å². The Morgan fingerprint density at radius 3 is 1.62 bits per heavy atom. The van der Waals surface area contributed by atoms with Crippen molar-refractivity contribution >= 4 is 23.7 Å². The molecule has 0 aromatic heterocycles. The van der Waals surface area contributed by atoms with Crippen LogP contribution < -0.4 is 27.6 Å². The highest BCUT2D eigenvalue weighted by Crippen LogP contribution is 2.07. The number of rotatable bonds is 11. The smallest absolute Gasteiger partial charge is 0.326 e. The second kappa shape index (κ2) is 16.9. The fourth-order valence-corrected chi connectivity index (χ4v) is 3.16. The molecule has 2 rings (SSSR count). The molecule has 206 valence electrons. The Bertz CT molecular complexity index is 1250. The van der Waals surface area contributed by atoms with Crippen LogP contribution in [0, 0.1) is 23.7 Å². The van der Waals surface area contributed by atoms with E-state index in [9.17, 15) is 24.3 Å². The highest BCUT2D eigenvalue weighted by Gasteiger charge is 2.20. The highest BCUT2D eigenvalue weighted by atomic mass is 16.5. The number of nitrogens with one attached hydrogen (secondary N) is 3. The third-order valence-electron chi connectivity index (χ3n) is 5.29. The van der Waals surface area contributed by atoms with Crippen LogP contribution in [0.4, 0.5) is 0 Å². The molecule has 11 nitrogen and oxygen atoms in total. The van der Waals surface area contributed by atoms with Gasteiger partial charge in [0.05, 0.1) is 0 Å². The van der Waals surface area contributed by atoms with Gasteiger partial charge in [0.2, 0.25) is 0 Å². The number of hydrogen-bond donors (Lipinski definition) is 7. The summed E-state index contributed by atoms with van der Waals surface area (Å²) in [7, 11) is 0. The van der Waals surface area contributed by atoms with Crippen molar-refractivity contribution in [3.8, 4) is 23.7 Å². The fourth-order valence-electron chi connectivity index (χ4n) is 3.16. The number of hydrogen-bond acceptors (Lipinski definition) is 7. The lowest BCUT2D eigenvalue weighted by atomic mass is 10.1. The summed E-state index contributed by atoms with van der Waals surface area (Å²) < 4.78 is 0. The monoisotopic (exact) mass is 535 g/mol. The maximum Gasteiger partial charge on any atom is 0.326 e. The van der Waals surface area contributed by atoms with E-state index in [4.69, 9.17) is 16.7 Å². The van der Waals surface area contributed by atoms with Gasteiger partial charge in [-0.3, -0.25) is 19.6 Å². The SMILES string of the molecule is C.NCCCC[C@H](NC(=O)c1ccc(C#CC#Cc2ccc(C(=O)N[C@@H](CN)C(=O)NO)cc2)cc1)C(=O)O. The summed E-state index contributed by atoms with van der Waals surface area (Å²) in [5.74, 6) is 8.16. The van der Waals surface area contributed by atoms with Crippen molar-refractivity contribution in [2.45, 2.75) is 38.8 Å². The molecule has 0 aliphatic heterocycles. The van der Waals surface area contributed by atoms with E-state index in [2.05, 4.69) is 34.3 Å². The average molecular weight is 536 g/mol. The Balaban J connectivity index is 0.00000760. The second-order valence-corrected chi connectivity index (χ2v) is 8.04. The number of carbonyl (C=O) groups excluding carboxylic acids is 3. The van der Waals surface area contributed by atoms with Crippen LogP contribution in [-0.2, 0) is 9.59 Å². The van der Waals surface area contributed by atoms with Crippen LogP contribution in [0.15, 0.2) is 48.5 Å². The molecule has 2 atom stereocenters. The largest absolute Gasteiger partial charge is 0.480 e. The zero-order valence-corrected chi connectivity index (χ0v) is 20.5. The van der Waals surface area contributed by atoms with Gasteiger partial charge in [-0.05, 0) is 86.2 Å². The lowest BCUT2D eigenvalue weighted by molar-refractivity contribution is -0.139. The zero-order chi connectivity index (χ0) is 27.9. The minimum atomic E-state index is -1.10. The Morgan fingerprint density at radius 2 is 1.23 bits per heavy atom. The van der Waals surface area contributed by atoms with Gasteiger partial charge in [0.25, 0.3) is 17.7 Å². The molecule has 0 aliphatic carbocycles. The zero-order valence-electron chi connectivity index (χ0n) is 20.5. The molecule has 0 saturated heterocycles. The number of amides is 3. The first kappa shape index (κ1) is 32.3. The summed E-state index contributed by atoms with van der Waals surface area (Å²) in [5, 5.41) is 22.9. The van der Waals surface area contributed by atoms with Crippen LogP contribution in [0.25, 0.3) is 0 Å². The molecule has 0 saturated carbocycles. The lowest BCUT2D eigenvalue weighted by Gasteiger charge is -2.14. The molecule has 2 aromatic carbocycles. The molecule has 0 unspecified atom stereocenters. The van der Waals surface area contributed by atoms with Crippen molar-refractivity contribution in [2.75, 3.05) is 13.1 Å². The number of carbonyl (C=O) groups is 4. The van der Waals surface area contributed by atoms with Gasteiger partial charge in [-0.2, -0.15) is 0 Å². The molecule has 11 heteroatoms. The molecule has 39 heavy (non-hydrogen) atoms. The molecular weight excluding hydrogens is 502 g/mol. The van der Waals surface area contributed by atoms with Crippen LogP contribution in [0.5, 0.6) is 0 Å². The summed E-state index contributed by atoms with van der Waals surface area (Å²) in [6, 6.07) is 10.6. The Labute approximate surface area is 227 Å². The number of carboxylic acid groups (broad SMARTS) is 1. The van der Waals surface area contributed by atoms with E-state index in [0.29, 0.717) is 42.5 Å². The van der Waals surface area contributed by atoms with E-state index < -0.39 is 35.8 Å². The summed E-state index contributed by atoms with van der Waals surface area (Å²) >= 11 is 0. The molecule has 0 radical (unpaired) electrons. The van der Waals surface area contributed by atoms with Crippen molar-refractivity contribution in [3.05, 3.63) is 70.8 Å². The molecule has 9 N–H and O–H groups in total. The third-order valence-corrected chi connectivity index (χ3v) is 5.29. The van der Waals surface area contributed by atoms with Crippen LogP contribution in [0.1, 0.15) is 58.5 Å². The van der Waals surface area contributed by atoms with Gasteiger partial charge in [0, 0.05) is 28.8 Å². The first-order chi connectivity index (χ1) is 18.3. The molecule has 0 spiro atoms. The second-order valence-electron chi connectivity index (χ2n) is 8.04. The first-order valence-corrected chi connectivity index (χ1v) is 11.7. The molecule has 0 aliphatic rings. The Morgan fingerprint density at radius 1 is 0.769 bits per heavy atom. The minimum Gasteiger partial charge on any atom is -0.480 e. The Kier molecular flexibility index (Phi) is 14.1. The highest BCUT2D eigenvalue weighted by molar-refractivity contribution is 5.98. The fraction of sp³-hybridized carbons (Fsp3) is 0.286. The van der Waals surface area contributed by atoms with Gasteiger partial charge in [-0.25, -0.2) is 10.3 Å². The molecule has 2 aromatic rings. The number of unbranched alkanes of at least 4 members (excludes halogenated alkanes) is 1. The normalized spacial score (nSPS) is 11.2. The van der Waals surface area contributed by atoms with Crippen molar-refractivity contribution in [1.82, 2.24) is 16.1 Å². The number of hydroxylamine groups is 1. The number of nitrogens with two attached hydrogens (primary N) is 2. The summed E-state index contributed by atoms with van der Waals surface area (Å²) in [5.41, 5.74) is 14.1. The van der Waals surface area contributed by atoms with Crippen molar-refractivity contribution in [2.24, 2.45) is 11.5 Å². The predicted molar refractivity (Wildman–Crippen MR) is 145 cm³/mol. The van der Waals surface area contributed by atoms with Gasteiger partial charge in [-0.15, -0.1) is 0 Å². The van der Waals surface area contributed by atoms with Crippen molar-refractivity contribution < 1.29 is 29.5 Å². The van der Waals surface area contributed by atoms with Gasteiger partial charge in [0.1, 0.15) is 12.1 Å². The topological polar surface area (TPSA) is 197 Å². The van der Waals surface area contributed by atoms with Gasteiger partial charge in [-0.1, -0.05) is 19.3 Å². The predicted octanol–water partition coefficient (Wildman–Crippen LogP) is 0.600. The first-order valence-electron chi connectivity index (χ1n) is 11.7. The van der Waals surface area contributed by atoms with E-state index in [1.54, 1.807) is 36.4 Å². The Hall–Kier alpha value is -4.68. The van der Waals surface area contributed by atoms with Crippen LogP contribution >= 0.6 is 0 Å². The minimum absolute atomic E-state index is 0. The number of aliphatic carboxylic acids is 1. The molecule has 3 amide bonds. The molecule has 0 bridgehead atoms. The molecule has 0 fully saturated rings. The number of benzene rings is 2. The van der Waals surface area contributed by atoms with Crippen LogP contribution in [0.2, 0.25) is 0 Å². The van der Waals surface area contributed by atoms with Gasteiger partial charge < -0.3 is 27.2 Å². The van der Waals surface area contributed by atoms with Gasteiger partial charge in [0.15, 0.2) is 0 Å². The quantitative estimate of drug-likeness (QED) is 0.0939. The van der Waals surface area contributed by atoms with E-state index in [1.807, 2.05) is 0 Å². The molecule has 0 heterocycles. The summed E-state index contributed by atoms with van der Waals surface area (Å²) in [6.07, 6.45) is 1.58. The molecular formula is C28H33N5O6. The average Bonchev–Trinajstić information content (AvgIpc) is 2.93. The van der Waals surface area contributed by atoms with Crippen molar-refractivity contribution in [3.63, 3.8) is 0 Å². The van der Waals surface area contributed by atoms with E-state index in [-0.39, 0.29) is 19.5 Å². The van der Waals surface area contributed by atoms with E-state index in [1.165, 1.54) is 17.6 Å². The van der Waals surface area contributed by atoms with E-state index in [0.717, 1.165) is 0 Å². The van der Waals surface area contributed by atoms with E-state index >= 15 is 0 Å². The lowest BCUT2D eigenvalue weighted by Crippen LogP contribution is -2.50.